The largest absolute Gasteiger partial charge is 0.416 e. The molecule has 0 saturated heterocycles. The van der Waals surface area contributed by atoms with Gasteiger partial charge in [0.2, 0.25) is 0 Å². The third kappa shape index (κ3) is 3.72. The maximum Gasteiger partial charge on any atom is 0.416 e. The van der Waals surface area contributed by atoms with E-state index in [9.17, 15) is 13.2 Å². The molecule has 0 aliphatic rings. The fraction of sp³-hybridized carbons (Fsp3) is 0.400. The first-order valence-electron chi connectivity index (χ1n) is 4.34. The summed E-state index contributed by atoms with van der Waals surface area (Å²) in [6.45, 7) is 1.51. The minimum absolute atomic E-state index is 0.0282. The Bertz CT molecular complexity index is 347. The van der Waals surface area contributed by atoms with Crippen LogP contribution in [0.15, 0.2) is 18.2 Å². The molecule has 0 fully saturated rings. The van der Waals surface area contributed by atoms with E-state index >= 15 is 0 Å². The minimum Gasteiger partial charge on any atom is -0.393 e. The summed E-state index contributed by atoms with van der Waals surface area (Å²) in [5.74, 6) is 0. The smallest absolute Gasteiger partial charge is 0.393 e. The van der Waals surface area contributed by atoms with E-state index in [4.69, 9.17) is 16.7 Å². The van der Waals surface area contributed by atoms with Crippen molar-refractivity contribution in [2.24, 2.45) is 0 Å². The van der Waals surface area contributed by atoms with Crippen LogP contribution >= 0.6 is 11.6 Å². The minimum atomic E-state index is -4.40. The monoisotopic (exact) mass is 238 g/mol. The predicted octanol–water partition coefficient (Wildman–Crippen LogP) is 3.28. The molecule has 1 aromatic carbocycles. The molecule has 0 amide bonds. The second-order valence-electron chi connectivity index (χ2n) is 3.40. The lowest BCUT2D eigenvalue weighted by Crippen LogP contribution is -2.08. The average molecular weight is 239 g/mol. The summed E-state index contributed by atoms with van der Waals surface area (Å²) in [6.07, 6.45) is -4.94. The summed E-state index contributed by atoms with van der Waals surface area (Å²) >= 11 is 5.56. The number of aliphatic hydroxyl groups is 1. The van der Waals surface area contributed by atoms with Crippen molar-refractivity contribution >= 4 is 11.6 Å². The van der Waals surface area contributed by atoms with Crippen molar-refractivity contribution < 1.29 is 18.3 Å². The summed E-state index contributed by atoms with van der Waals surface area (Å²) in [7, 11) is 0. The van der Waals surface area contributed by atoms with E-state index in [1.807, 2.05) is 0 Å². The van der Waals surface area contributed by atoms with Crippen molar-refractivity contribution in [3.63, 3.8) is 0 Å². The first-order chi connectivity index (χ1) is 6.79. The number of rotatable bonds is 2. The lowest BCUT2D eigenvalue weighted by Gasteiger charge is -2.10. The van der Waals surface area contributed by atoms with Gasteiger partial charge in [-0.15, -0.1) is 0 Å². The molecule has 84 valence electrons. The van der Waals surface area contributed by atoms with Gasteiger partial charge in [0.1, 0.15) is 0 Å². The van der Waals surface area contributed by atoms with Gasteiger partial charge in [0, 0.05) is 5.02 Å². The molecule has 0 aliphatic carbocycles. The molecule has 1 N–H and O–H groups in total. The molecular formula is C10H10ClF3O. The van der Waals surface area contributed by atoms with Crippen molar-refractivity contribution in [3.05, 3.63) is 34.3 Å². The average Bonchev–Trinajstić information content (AvgIpc) is 1.99. The molecule has 1 atom stereocenters. The first kappa shape index (κ1) is 12.3. The van der Waals surface area contributed by atoms with Crippen LogP contribution in [0.3, 0.4) is 0 Å². The van der Waals surface area contributed by atoms with Gasteiger partial charge in [-0.05, 0) is 37.1 Å². The Morgan fingerprint density at radius 2 is 1.93 bits per heavy atom. The Balaban J connectivity index is 3.06. The summed E-state index contributed by atoms with van der Waals surface area (Å²) in [5.41, 5.74) is -0.407. The van der Waals surface area contributed by atoms with Crippen LogP contribution in [0, 0.1) is 0 Å². The Kier molecular flexibility index (Phi) is 3.62. The fourth-order valence-electron chi connectivity index (χ4n) is 1.27. The third-order valence-corrected chi connectivity index (χ3v) is 2.03. The zero-order chi connectivity index (χ0) is 11.6. The molecule has 0 aromatic heterocycles. The first-order valence-corrected chi connectivity index (χ1v) is 4.71. The summed E-state index contributed by atoms with van der Waals surface area (Å²) < 4.78 is 37.1. The van der Waals surface area contributed by atoms with Crippen molar-refractivity contribution in [1.29, 1.82) is 0 Å². The summed E-state index contributed by atoms with van der Waals surface area (Å²) in [4.78, 5) is 0. The fourth-order valence-corrected chi connectivity index (χ4v) is 1.53. The second kappa shape index (κ2) is 4.41. The lowest BCUT2D eigenvalue weighted by atomic mass is 10.1. The van der Waals surface area contributed by atoms with Gasteiger partial charge >= 0.3 is 6.18 Å². The molecule has 0 spiro atoms. The molecule has 0 heterocycles. The van der Waals surface area contributed by atoms with Gasteiger partial charge in [0.25, 0.3) is 0 Å². The van der Waals surface area contributed by atoms with Gasteiger partial charge in [-0.25, -0.2) is 0 Å². The van der Waals surface area contributed by atoms with E-state index in [1.165, 1.54) is 13.0 Å². The van der Waals surface area contributed by atoms with E-state index in [-0.39, 0.29) is 11.4 Å². The standard InChI is InChI=1S/C10H10ClF3O/c1-6(15)2-7-3-8(10(12,13)14)5-9(11)4-7/h3-6,15H,2H2,1H3/t6-/m1/s1. The van der Waals surface area contributed by atoms with Crippen molar-refractivity contribution in [2.45, 2.75) is 25.6 Å². The number of hydrogen-bond acceptors (Lipinski definition) is 1. The van der Waals surface area contributed by atoms with Crippen LogP contribution in [0.2, 0.25) is 5.02 Å². The molecule has 0 saturated carbocycles. The highest BCUT2D eigenvalue weighted by Crippen LogP contribution is 2.32. The van der Waals surface area contributed by atoms with Crippen LogP contribution in [0.5, 0.6) is 0 Å². The number of hydrogen-bond donors (Lipinski definition) is 1. The van der Waals surface area contributed by atoms with E-state index < -0.39 is 17.8 Å². The van der Waals surface area contributed by atoms with Gasteiger partial charge < -0.3 is 5.11 Å². The second-order valence-corrected chi connectivity index (χ2v) is 3.84. The molecule has 1 aromatic rings. The van der Waals surface area contributed by atoms with E-state index in [2.05, 4.69) is 0 Å². The molecule has 1 nitrogen and oxygen atoms in total. The van der Waals surface area contributed by atoms with Crippen LogP contribution in [-0.2, 0) is 12.6 Å². The Morgan fingerprint density at radius 3 is 2.40 bits per heavy atom. The number of alkyl halides is 3. The Morgan fingerprint density at radius 1 is 1.33 bits per heavy atom. The van der Waals surface area contributed by atoms with Crippen molar-refractivity contribution in [3.8, 4) is 0 Å². The summed E-state index contributed by atoms with van der Waals surface area (Å²) in [6, 6.07) is 3.29. The number of benzene rings is 1. The molecule has 0 unspecified atom stereocenters. The van der Waals surface area contributed by atoms with Crippen LogP contribution in [-0.4, -0.2) is 11.2 Å². The van der Waals surface area contributed by atoms with Crippen LogP contribution in [0.25, 0.3) is 0 Å². The maximum atomic E-state index is 12.4. The van der Waals surface area contributed by atoms with Gasteiger partial charge in [-0.2, -0.15) is 13.2 Å². The van der Waals surface area contributed by atoms with Gasteiger partial charge in [-0.3, -0.25) is 0 Å². The quantitative estimate of drug-likeness (QED) is 0.838. The zero-order valence-corrected chi connectivity index (χ0v) is 8.73. The molecular weight excluding hydrogens is 229 g/mol. The molecule has 0 bridgehead atoms. The van der Waals surface area contributed by atoms with Crippen LogP contribution < -0.4 is 0 Å². The molecule has 0 radical (unpaired) electrons. The molecule has 0 aliphatic heterocycles. The SMILES string of the molecule is C[C@@H](O)Cc1cc(Cl)cc(C(F)(F)F)c1. The predicted molar refractivity (Wildman–Crippen MR) is 51.8 cm³/mol. The van der Waals surface area contributed by atoms with Gasteiger partial charge in [0.05, 0.1) is 11.7 Å². The normalized spacial score (nSPS) is 14.0. The highest BCUT2D eigenvalue weighted by Gasteiger charge is 2.31. The van der Waals surface area contributed by atoms with Gasteiger partial charge in [-0.1, -0.05) is 11.6 Å². The van der Waals surface area contributed by atoms with E-state index in [1.54, 1.807) is 0 Å². The third-order valence-electron chi connectivity index (χ3n) is 1.82. The lowest BCUT2D eigenvalue weighted by molar-refractivity contribution is -0.137. The highest BCUT2D eigenvalue weighted by atomic mass is 35.5. The van der Waals surface area contributed by atoms with Crippen molar-refractivity contribution in [1.82, 2.24) is 0 Å². The number of aliphatic hydroxyl groups excluding tert-OH is 1. The van der Waals surface area contributed by atoms with Crippen molar-refractivity contribution in [2.75, 3.05) is 0 Å². The van der Waals surface area contributed by atoms with E-state index in [0.29, 0.717) is 5.56 Å². The highest BCUT2D eigenvalue weighted by molar-refractivity contribution is 6.30. The van der Waals surface area contributed by atoms with Crippen LogP contribution in [0.4, 0.5) is 13.2 Å². The van der Waals surface area contributed by atoms with E-state index in [0.717, 1.165) is 12.1 Å². The van der Waals surface area contributed by atoms with Gasteiger partial charge in [0.15, 0.2) is 0 Å². The van der Waals surface area contributed by atoms with Crippen LogP contribution in [0.1, 0.15) is 18.1 Å². The molecule has 1 rings (SSSR count). The zero-order valence-electron chi connectivity index (χ0n) is 7.98. The molecule has 15 heavy (non-hydrogen) atoms. The Hall–Kier alpha value is -0.740. The number of halogens is 4. The maximum absolute atomic E-state index is 12.4. The summed E-state index contributed by atoms with van der Waals surface area (Å²) in [5, 5.41) is 9.09. The topological polar surface area (TPSA) is 20.2 Å². The Labute approximate surface area is 90.5 Å². The molecule has 5 heteroatoms.